The van der Waals surface area contributed by atoms with E-state index in [1.54, 1.807) is 0 Å². The zero-order valence-electron chi connectivity index (χ0n) is 15.9. The number of piperidine rings is 1. The van der Waals surface area contributed by atoms with E-state index in [0.717, 1.165) is 29.0 Å². The number of halogens is 3. The van der Waals surface area contributed by atoms with E-state index in [9.17, 15) is 21.6 Å². The number of anilines is 1. The number of benzene rings is 2. The third-order valence-electron chi connectivity index (χ3n) is 5.20. The molecule has 0 amide bonds. The number of nitrogens with zero attached hydrogens (tertiary/aromatic N) is 2. The number of hydrogen-bond donors (Lipinski definition) is 0. The highest BCUT2D eigenvalue weighted by atomic mass is 32.2. The second-order valence-corrected chi connectivity index (χ2v) is 10.3. The Kier molecular flexibility index (Phi) is 5.84. The summed E-state index contributed by atoms with van der Waals surface area (Å²) in [5.41, 5.74) is 1.39. The lowest BCUT2D eigenvalue weighted by molar-refractivity contribution is 0.507. The van der Waals surface area contributed by atoms with Crippen LogP contribution in [0, 0.1) is 17.5 Å². The monoisotopic (exact) mass is 452 g/mol. The van der Waals surface area contributed by atoms with Crippen LogP contribution in [0.2, 0.25) is 0 Å². The summed E-state index contributed by atoms with van der Waals surface area (Å²) in [5.74, 6) is -2.23. The smallest absolute Gasteiger partial charge is 0.185 e. The van der Waals surface area contributed by atoms with Gasteiger partial charge in [0.2, 0.25) is 0 Å². The van der Waals surface area contributed by atoms with Crippen molar-refractivity contribution >= 4 is 26.3 Å². The van der Waals surface area contributed by atoms with Crippen LogP contribution >= 0.6 is 11.3 Å². The summed E-state index contributed by atoms with van der Waals surface area (Å²) in [7, 11) is -3.50. The van der Waals surface area contributed by atoms with Gasteiger partial charge in [0.25, 0.3) is 0 Å². The van der Waals surface area contributed by atoms with Gasteiger partial charge in [0.05, 0.1) is 15.8 Å². The Morgan fingerprint density at radius 1 is 1.00 bits per heavy atom. The van der Waals surface area contributed by atoms with E-state index in [4.69, 9.17) is 0 Å². The van der Waals surface area contributed by atoms with E-state index in [-0.39, 0.29) is 4.90 Å². The molecule has 30 heavy (non-hydrogen) atoms. The molecule has 9 heteroatoms. The fourth-order valence-electron chi connectivity index (χ4n) is 3.56. The first-order chi connectivity index (χ1) is 14.3. The molecule has 1 aliphatic rings. The number of rotatable bonds is 5. The molecule has 158 valence electrons. The molecule has 0 saturated carbocycles. The number of aromatic nitrogens is 1. The molecule has 1 saturated heterocycles. The van der Waals surface area contributed by atoms with E-state index in [0.29, 0.717) is 37.9 Å². The minimum atomic E-state index is -3.50. The van der Waals surface area contributed by atoms with Crippen molar-refractivity contribution in [2.45, 2.75) is 29.4 Å². The average Bonchev–Trinajstić information content (AvgIpc) is 3.20. The zero-order valence-corrected chi connectivity index (χ0v) is 17.5. The first-order valence-corrected chi connectivity index (χ1v) is 11.9. The Morgan fingerprint density at radius 2 is 1.70 bits per heavy atom. The van der Waals surface area contributed by atoms with Gasteiger partial charge in [-0.25, -0.2) is 26.6 Å². The second-order valence-electron chi connectivity index (χ2n) is 7.23. The van der Waals surface area contributed by atoms with Crippen molar-refractivity contribution < 1.29 is 21.6 Å². The van der Waals surface area contributed by atoms with Crippen LogP contribution in [-0.4, -0.2) is 31.7 Å². The summed E-state index contributed by atoms with van der Waals surface area (Å²) in [5, 5.41) is 2.14. The van der Waals surface area contributed by atoms with Crippen LogP contribution in [0.25, 0.3) is 0 Å². The molecule has 0 unspecified atom stereocenters. The summed E-state index contributed by atoms with van der Waals surface area (Å²) < 4.78 is 65.1. The lowest BCUT2D eigenvalue weighted by atomic mass is 10.1. The highest BCUT2D eigenvalue weighted by molar-refractivity contribution is 7.92. The Bertz CT molecular complexity index is 1140. The lowest BCUT2D eigenvalue weighted by Crippen LogP contribution is -2.39. The average molecular weight is 453 g/mol. The Hall–Kier alpha value is -2.39. The van der Waals surface area contributed by atoms with Gasteiger partial charge >= 0.3 is 0 Å². The fraction of sp³-hybridized carbons (Fsp3) is 0.286. The van der Waals surface area contributed by atoms with Gasteiger partial charge in [-0.2, -0.15) is 0 Å². The molecule has 1 aromatic heterocycles. The molecule has 3 aromatic rings. The summed E-state index contributed by atoms with van der Waals surface area (Å²) >= 11 is 1.45. The summed E-state index contributed by atoms with van der Waals surface area (Å²) in [4.78, 5) is 6.76. The van der Waals surface area contributed by atoms with E-state index in [1.807, 2.05) is 10.3 Å². The van der Waals surface area contributed by atoms with Gasteiger partial charge < -0.3 is 4.90 Å². The Morgan fingerprint density at radius 3 is 2.37 bits per heavy atom. The minimum Gasteiger partial charge on any atom is -0.348 e. The fourth-order valence-corrected chi connectivity index (χ4v) is 6.17. The molecule has 4 rings (SSSR count). The van der Waals surface area contributed by atoms with Gasteiger partial charge in [-0.1, -0.05) is 6.07 Å². The topological polar surface area (TPSA) is 50.3 Å². The van der Waals surface area contributed by atoms with Crippen molar-refractivity contribution in [2.24, 2.45) is 0 Å². The van der Waals surface area contributed by atoms with Gasteiger partial charge in [0.15, 0.2) is 26.6 Å². The quantitative estimate of drug-likeness (QED) is 0.531. The maximum Gasteiger partial charge on any atom is 0.185 e. The van der Waals surface area contributed by atoms with Crippen LogP contribution in [0.4, 0.5) is 18.3 Å². The lowest BCUT2D eigenvalue weighted by Gasteiger charge is -2.31. The molecule has 1 aliphatic heterocycles. The van der Waals surface area contributed by atoms with Crippen molar-refractivity contribution in [3.63, 3.8) is 0 Å². The standard InChI is InChI=1S/C21H19F3N2O2S2/c22-15-2-4-17(5-3-15)30(27,28)18-7-9-26(10-8-18)21-25-16(13-29-21)11-14-1-6-19(23)20(24)12-14/h1-6,12-13,18H,7-11H2. The molecule has 0 spiro atoms. The highest BCUT2D eigenvalue weighted by Crippen LogP contribution is 2.29. The van der Waals surface area contributed by atoms with Crippen LogP contribution in [-0.2, 0) is 16.3 Å². The van der Waals surface area contributed by atoms with Crippen LogP contribution < -0.4 is 4.90 Å². The molecule has 1 fully saturated rings. The molecular formula is C21H19F3N2O2S2. The molecule has 0 bridgehead atoms. The van der Waals surface area contributed by atoms with Gasteiger partial charge in [-0.15, -0.1) is 11.3 Å². The van der Waals surface area contributed by atoms with E-state index in [2.05, 4.69) is 4.98 Å². The molecule has 0 N–H and O–H groups in total. The Balaban J connectivity index is 1.40. The van der Waals surface area contributed by atoms with Crippen molar-refractivity contribution in [2.75, 3.05) is 18.0 Å². The maximum absolute atomic E-state index is 13.4. The zero-order chi connectivity index (χ0) is 21.3. The maximum atomic E-state index is 13.4. The van der Waals surface area contributed by atoms with Gasteiger partial charge in [0, 0.05) is 24.9 Å². The third kappa shape index (κ3) is 4.37. The summed E-state index contributed by atoms with van der Waals surface area (Å²) in [6.45, 7) is 1.09. The van der Waals surface area contributed by atoms with E-state index < -0.39 is 32.5 Å². The SMILES string of the molecule is O=S(=O)(c1ccc(F)cc1)C1CCN(c2nc(Cc3ccc(F)c(F)c3)cs2)CC1. The molecule has 2 heterocycles. The largest absolute Gasteiger partial charge is 0.348 e. The molecule has 0 atom stereocenters. The predicted molar refractivity (Wildman–Crippen MR) is 110 cm³/mol. The Labute approximate surface area is 176 Å². The van der Waals surface area contributed by atoms with Crippen molar-refractivity contribution in [1.82, 2.24) is 4.98 Å². The number of sulfone groups is 1. The van der Waals surface area contributed by atoms with Crippen molar-refractivity contribution in [1.29, 1.82) is 0 Å². The first-order valence-electron chi connectivity index (χ1n) is 9.45. The molecule has 2 aromatic carbocycles. The minimum absolute atomic E-state index is 0.144. The normalized spacial score (nSPS) is 15.5. The number of thiazole rings is 1. The van der Waals surface area contributed by atoms with E-state index >= 15 is 0 Å². The first kappa shape index (κ1) is 20.9. The van der Waals surface area contributed by atoms with Crippen LogP contribution in [0.15, 0.2) is 52.7 Å². The van der Waals surface area contributed by atoms with Crippen LogP contribution in [0.3, 0.4) is 0 Å². The molecule has 0 aliphatic carbocycles. The van der Waals surface area contributed by atoms with Gasteiger partial charge in [-0.3, -0.25) is 0 Å². The number of hydrogen-bond acceptors (Lipinski definition) is 5. The van der Waals surface area contributed by atoms with E-state index in [1.165, 1.54) is 35.6 Å². The summed E-state index contributed by atoms with van der Waals surface area (Å²) in [6.07, 6.45) is 1.30. The second kappa shape index (κ2) is 8.39. The highest BCUT2D eigenvalue weighted by Gasteiger charge is 2.32. The van der Waals surface area contributed by atoms with Gasteiger partial charge in [-0.05, 0) is 54.8 Å². The van der Waals surface area contributed by atoms with Gasteiger partial charge in [0.1, 0.15) is 5.82 Å². The van der Waals surface area contributed by atoms with Crippen molar-refractivity contribution in [3.8, 4) is 0 Å². The predicted octanol–water partition coefficient (Wildman–Crippen LogP) is 4.59. The molecule has 0 radical (unpaired) electrons. The molecule has 4 nitrogen and oxygen atoms in total. The van der Waals surface area contributed by atoms with Crippen LogP contribution in [0.1, 0.15) is 24.1 Å². The van der Waals surface area contributed by atoms with Crippen LogP contribution in [0.5, 0.6) is 0 Å². The third-order valence-corrected chi connectivity index (χ3v) is 8.43. The van der Waals surface area contributed by atoms with Crippen molar-refractivity contribution in [3.05, 3.63) is 76.6 Å². The summed E-state index contributed by atoms with van der Waals surface area (Å²) in [6, 6.07) is 8.73. The molecular weight excluding hydrogens is 433 g/mol.